The van der Waals surface area contributed by atoms with E-state index in [9.17, 15) is 4.79 Å². The van der Waals surface area contributed by atoms with Gasteiger partial charge >= 0.3 is 0 Å². The normalized spacial score (nSPS) is 13.1. The van der Waals surface area contributed by atoms with E-state index in [0.29, 0.717) is 13.0 Å². The van der Waals surface area contributed by atoms with Crippen LogP contribution < -0.4 is 11.1 Å². The highest BCUT2D eigenvalue weighted by molar-refractivity contribution is 9.10. The molecule has 0 aliphatic carbocycles. The van der Waals surface area contributed by atoms with E-state index >= 15 is 0 Å². The molecular weight excluding hydrogens is 304 g/mol. The van der Waals surface area contributed by atoms with Crippen molar-refractivity contribution in [3.05, 3.63) is 34.3 Å². The first-order valence-corrected chi connectivity index (χ1v) is 7.32. The van der Waals surface area contributed by atoms with Gasteiger partial charge in [0.15, 0.2) is 0 Å². The van der Waals surface area contributed by atoms with Gasteiger partial charge in [-0.25, -0.2) is 0 Å². The number of halogens is 1. The minimum absolute atomic E-state index is 0.0109. The molecule has 0 radical (unpaired) electrons. The third-order valence-corrected chi connectivity index (χ3v) is 3.19. The van der Waals surface area contributed by atoms with Crippen LogP contribution in [-0.4, -0.2) is 11.9 Å². The molecule has 0 aliphatic rings. The van der Waals surface area contributed by atoms with Crippen molar-refractivity contribution in [1.29, 1.82) is 0 Å². The number of amides is 1. The molecule has 4 heteroatoms. The Kier molecular flexibility index (Phi) is 6.01. The number of nitrogens with one attached hydrogen (secondary N) is 1. The number of hydrogen-bond donors (Lipinski definition) is 2. The molecule has 3 N–H and O–H groups in total. The average molecular weight is 327 g/mol. The first kappa shape index (κ1) is 16.2. The molecule has 0 heterocycles. The van der Waals surface area contributed by atoms with E-state index in [1.165, 1.54) is 0 Å². The predicted octanol–water partition coefficient (Wildman–Crippen LogP) is 3.22. The molecule has 0 saturated heterocycles. The van der Waals surface area contributed by atoms with E-state index < -0.39 is 0 Å². The van der Waals surface area contributed by atoms with Crippen molar-refractivity contribution in [2.75, 3.05) is 0 Å². The molecule has 106 valence electrons. The lowest BCUT2D eigenvalue weighted by molar-refractivity contribution is -0.121. The summed E-state index contributed by atoms with van der Waals surface area (Å²) >= 11 is 3.41. The topological polar surface area (TPSA) is 55.1 Å². The van der Waals surface area contributed by atoms with Gasteiger partial charge in [0.1, 0.15) is 0 Å². The lowest BCUT2D eigenvalue weighted by Crippen LogP contribution is -2.33. The summed E-state index contributed by atoms with van der Waals surface area (Å²) in [5.74, 6) is 0.0109. The Hall–Kier alpha value is -0.870. The van der Waals surface area contributed by atoms with E-state index in [1.807, 2.05) is 24.3 Å². The summed E-state index contributed by atoms with van der Waals surface area (Å²) in [5.41, 5.74) is 7.22. The molecule has 1 unspecified atom stereocenters. The zero-order chi connectivity index (χ0) is 14.5. The summed E-state index contributed by atoms with van der Waals surface area (Å²) in [7, 11) is 0. The van der Waals surface area contributed by atoms with Crippen molar-refractivity contribution in [2.45, 2.75) is 46.2 Å². The van der Waals surface area contributed by atoms with Crippen molar-refractivity contribution < 1.29 is 4.79 Å². The Balaban J connectivity index is 2.36. The standard InChI is InChI=1S/C15H23BrN2O/c1-15(2,3)9-13(17)8-14(19)18-10-11-5-4-6-12(16)7-11/h4-7,13H,8-10,17H2,1-3H3,(H,18,19). The van der Waals surface area contributed by atoms with E-state index in [4.69, 9.17) is 5.73 Å². The summed E-state index contributed by atoms with van der Waals surface area (Å²) in [6.07, 6.45) is 1.22. The highest BCUT2D eigenvalue weighted by Gasteiger charge is 2.17. The Morgan fingerprint density at radius 2 is 2.11 bits per heavy atom. The molecule has 1 atom stereocenters. The van der Waals surface area contributed by atoms with Gasteiger partial charge in [0, 0.05) is 23.5 Å². The molecule has 0 spiro atoms. The summed E-state index contributed by atoms with van der Waals surface area (Å²) in [4.78, 5) is 11.8. The van der Waals surface area contributed by atoms with Crippen molar-refractivity contribution in [3.8, 4) is 0 Å². The van der Waals surface area contributed by atoms with Gasteiger partial charge in [-0.05, 0) is 29.5 Å². The summed E-state index contributed by atoms with van der Waals surface area (Å²) in [6, 6.07) is 7.82. The van der Waals surface area contributed by atoms with Crippen LogP contribution in [0.4, 0.5) is 0 Å². The molecule has 1 aromatic rings. The first-order valence-electron chi connectivity index (χ1n) is 6.53. The van der Waals surface area contributed by atoms with Gasteiger partial charge in [0.05, 0.1) is 0 Å². The van der Waals surface area contributed by atoms with Crippen molar-refractivity contribution in [1.82, 2.24) is 5.32 Å². The summed E-state index contributed by atoms with van der Waals surface area (Å²) < 4.78 is 1.02. The zero-order valence-corrected chi connectivity index (χ0v) is 13.5. The average Bonchev–Trinajstić information content (AvgIpc) is 2.23. The molecule has 0 bridgehead atoms. The highest BCUT2D eigenvalue weighted by atomic mass is 79.9. The molecule has 19 heavy (non-hydrogen) atoms. The monoisotopic (exact) mass is 326 g/mol. The van der Waals surface area contributed by atoms with E-state index in [-0.39, 0.29) is 17.4 Å². The van der Waals surface area contributed by atoms with Crippen molar-refractivity contribution >= 4 is 21.8 Å². The van der Waals surface area contributed by atoms with Crippen LogP contribution in [0.25, 0.3) is 0 Å². The second-order valence-electron chi connectivity index (χ2n) is 6.14. The fourth-order valence-electron chi connectivity index (χ4n) is 2.02. The number of nitrogens with two attached hydrogens (primary N) is 1. The first-order chi connectivity index (χ1) is 8.76. The Labute approximate surface area is 124 Å². The minimum Gasteiger partial charge on any atom is -0.352 e. The van der Waals surface area contributed by atoms with Gasteiger partial charge in [0.2, 0.25) is 5.91 Å². The fraction of sp³-hybridized carbons (Fsp3) is 0.533. The van der Waals surface area contributed by atoms with Crippen LogP contribution in [0.2, 0.25) is 0 Å². The Morgan fingerprint density at radius 1 is 1.42 bits per heavy atom. The van der Waals surface area contributed by atoms with Crippen LogP contribution in [0.1, 0.15) is 39.2 Å². The van der Waals surface area contributed by atoms with Crippen LogP contribution >= 0.6 is 15.9 Å². The third-order valence-electron chi connectivity index (χ3n) is 2.70. The number of rotatable bonds is 5. The second-order valence-corrected chi connectivity index (χ2v) is 7.05. The van der Waals surface area contributed by atoms with Crippen LogP contribution in [0.5, 0.6) is 0 Å². The molecule has 1 amide bonds. The molecule has 1 aromatic carbocycles. The van der Waals surface area contributed by atoms with Gasteiger partial charge in [0.25, 0.3) is 0 Å². The quantitative estimate of drug-likeness (QED) is 0.872. The molecule has 0 aromatic heterocycles. The fourth-order valence-corrected chi connectivity index (χ4v) is 2.46. The van der Waals surface area contributed by atoms with E-state index in [1.54, 1.807) is 0 Å². The maximum Gasteiger partial charge on any atom is 0.221 e. The molecule has 0 aliphatic heterocycles. The maximum atomic E-state index is 11.8. The second kappa shape index (κ2) is 7.06. The molecule has 0 saturated carbocycles. The Morgan fingerprint density at radius 3 is 2.68 bits per heavy atom. The van der Waals surface area contributed by atoms with Crippen LogP contribution in [0.15, 0.2) is 28.7 Å². The number of benzene rings is 1. The minimum atomic E-state index is -0.0810. The Bertz CT molecular complexity index is 426. The van der Waals surface area contributed by atoms with Gasteiger partial charge < -0.3 is 11.1 Å². The maximum absolute atomic E-state index is 11.8. The smallest absolute Gasteiger partial charge is 0.221 e. The molecule has 3 nitrogen and oxygen atoms in total. The van der Waals surface area contributed by atoms with Crippen LogP contribution in [0, 0.1) is 5.41 Å². The van der Waals surface area contributed by atoms with Crippen LogP contribution in [0.3, 0.4) is 0 Å². The van der Waals surface area contributed by atoms with Gasteiger partial charge in [-0.1, -0.05) is 48.8 Å². The summed E-state index contributed by atoms with van der Waals surface area (Å²) in [6.45, 7) is 6.94. The largest absolute Gasteiger partial charge is 0.352 e. The third kappa shape index (κ3) is 7.33. The summed E-state index contributed by atoms with van der Waals surface area (Å²) in [5, 5.41) is 2.90. The van der Waals surface area contributed by atoms with E-state index in [0.717, 1.165) is 16.5 Å². The molecular formula is C15H23BrN2O. The molecule has 1 rings (SSSR count). The predicted molar refractivity (Wildman–Crippen MR) is 82.7 cm³/mol. The number of hydrogen-bond acceptors (Lipinski definition) is 2. The zero-order valence-electron chi connectivity index (χ0n) is 11.9. The van der Waals surface area contributed by atoms with Crippen molar-refractivity contribution in [3.63, 3.8) is 0 Å². The van der Waals surface area contributed by atoms with Gasteiger partial charge in [-0.3, -0.25) is 4.79 Å². The number of carbonyl (C=O) groups is 1. The van der Waals surface area contributed by atoms with Gasteiger partial charge in [-0.2, -0.15) is 0 Å². The molecule has 0 fully saturated rings. The van der Waals surface area contributed by atoms with Gasteiger partial charge in [-0.15, -0.1) is 0 Å². The number of carbonyl (C=O) groups excluding carboxylic acids is 1. The lowest BCUT2D eigenvalue weighted by Gasteiger charge is -2.22. The van der Waals surface area contributed by atoms with Crippen molar-refractivity contribution in [2.24, 2.45) is 11.1 Å². The highest BCUT2D eigenvalue weighted by Crippen LogP contribution is 2.21. The van der Waals surface area contributed by atoms with Crippen LogP contribution in [-0.2, 0) is 11.3 Å². The van der Waals surface area contributed by atoms with E-state index in [2.05, 4.69) is 42.0 Å². The lowest BCUT2D eigenvalue weighted by atomic mass is 9.87. The SMILES string of the molecule is CC(C)(C)CC(N)CC(=O)NCc1cccc(Br)c1.